The van der Waals surface area contributed by atoms with Gasteiger partial charge in [-0.1, -0.05) is 11.6 Å². The Kier molecular flexibility index (Phi) is 3.47. The summed E-state index contributed by atoms with van der Waals surface area (Å²) in [6, 6.07) is 0.0892. The Bertz CT molecular complexity index is 509. The number of rotatable bonds is 2. The van der Waals surface area contributed by atoms with E-state index in [1.165, 1.54) is 4.90 Å². The molecular formula is C11H10ClFN2O3. The summed E-state index contributed by atoms with van der Waals surface area (Å²) in [6.07, 6.45) is 1.89. The van der Waals surface area contributed by atoms with E-state index >= 15 is 0 Å². The number of carbonyl (C=O) groups excluding carboxylic acids is 1. The highest BCUT2D eigenvalue weighted by Crippen LogP contribution is 2.23. The van der Waals surface area contributed by atoms with Crippen LogP contribution < -0.4 is 0 Å². The van der Waals surface area contributed by atoms with Crippen molar-refractivity contribution in [2.24, 2.45) is 0 Å². The minimum atomic E-state index is -1.07. The van der Waals surface area contributed by atoms with E-state index in [4.69, 9.17) is 16.7 Å². The molecule has 1 N–H and O–H groups in total. The van der Waals surface area contributed by atoms with E-state index in [2.05, 4.69) is 4.98 Å². The van der Waals surface area contributed by atoms with E-state index in [1.807, 2.05) is 0 Å². The molecule has 2 rings (SSSR count). The lowest BCUT2D eigenvalue weighted by molar-refractivity contribution is -0.141. The maximum absolute atomic E-state index is 13.0. The number of likely N-dealkylation sites (tertiary alicyclic amines) is 1. The number of aliphatic carboxylic acids is 1. The van der Waals surface area contributed by atoms with Gasteiger partial charge in [0.1, 0.15) is 17.0 Å². The third-order valence-electron chi connectivity index (χ3n) is 2.83. The molecule has 0 radical (unpaired) electrons. The monoisotopic (exact) mass is 272 g/mol. The van der Waals surface area contributed by atoms with Crippen molar-refractivity contribution in [1.29, 1.82) is 0 Å². The fourth-order valence-corrected chi connectivity index (χ4v) is 2.18. The molecule has 1 aliphatic rings. The number of pyridine rings is 1. The fraction of sp³-hybridized carbons (Fsp3) is 0.364. The quantitative estimate of drug-likeness (QED) is 0.830. The van der Waals surface area contributed by atoms with Gasteiger partial charge < -0.3 is 10.0 Å². The molecule has 0 aromatic carbocycles. The molecule has 1 fully saturated rings. The zero-order valence-corrected chi connectivity index (χ0v) is 10.0. The first-order chi connectivity index (χ1) is 8.50. The average Bonchev–Trinajstić information content (AvgIpc) is 2.80. The number of carbonyl (C=O) groups is 2. The lowest BCUT2D eigenvalue weighted by atomic mass is 10.2. The molecule has 18 heavy (non-hydrogen) atoms. The van der Waals surface area contributed by atoms with Crippen LogP contribution in [0, 0.1) is 5.82 Å². The molecule has 0 spiro atoms. The van der Waals surface area contributed by atoms with Crippen molar-refractivity contribution in [3.8, 4) is 0 Å². The molecule has 0 aliphatic carbocycles. The molecule has 1 aromatic heterocycles. The second kappa shape index (κ2) is 4.89. The number of carboxylic acids is 1. The first kappa shape index (κ1) is 12.8. The van der Waals surface area contributed by atoms with Crippen LogP contribution in [0.5, 0.6) is 0 Å². The summed E-state index contributed by atoms with van der Waals surface area (Å²) >= 11 is 5.72. The number of amides is 1. The predicted octanol–water partition coefficient (Wildman–Crippen LogP) is 1.56. The molecule has 0 bridgehead atoms. The van der Waals surface area contributed by atoms with Gasteiger partial charge in [0.2, 0.25) is 0 Å². The summed E-state index contributed by atoms with van der Waals surface area (Å²) in [6.45, 7) is 0.322. The molecule has 1 unspecified atom stereocenters. The molecule has 1 aromatic rings. The van der Waals surface area contributed by atoms with Gasteiger partial charge >= 0.3 is 5.97 Å². The van der Waals surface area contributed by atoms with Crippen molar-refractivity contribution in [2.75, 3.05) is 6.54 Å². The van der Waals surface area contributed by atoms with Gasteiger partial charge in [0.15, 0.2) is 0 Å². The minimum absolute atomic E-state index is 0.107. The maximum atomic E-state index is 13.0. The van der Waals surface area contributed by atoms with Crippen molar-refractivity contribution in [3.05, 3.63) is 28.8 Å². The van der Waals surface area contributed by atoms with Crippen molar-refractivity contribution in [3.63, 3.8) is 0 Å². The number of hydrogen-bond acceptors (Lipinski definition) is 3. The summed E-state index contributed by atoms with van der Waals surface area (Å²) in [7, 11) is 0. The maximum Gasteiger partial charge on any atom is 0.326 e. The Morgan fingerprint density at radius 2 is 2.28 bits per heavy atom. The second-order valence-corrected chi connectivity index (χ2v) is 4.34. The normalized spacial score (nSPS) is 19.0. The van der Waals surface area contributed by atoms with Crippen molar-refractivity contribution in [2.45, 2.75) is 18.9 Å². The third kappa shape index (κ3) is 2.28. The summed E-state index contributed by atoms with van der Waals surface area (Å²) in [5.41, 5.74) is -0.107. The first-order valence-electron chi connectivity index (χ1n) is 5.35. The van der Waals surface area contributed by atoms with Gasteiger partial charge in [-0.05, 0) is 18.9 Å². The topological polar surface area (TPSA) is 70.5 Å². The van der Waals surface area contributed by atoms with Crippen molar-refractivity contribution >= 4 is 23.5 Å². The SMILES string of the molecule is O=C(O)C1CCCN1C(=O)c1cc(F)cnc1Cl. The lowest BCUT2D eigenvalue weighted by Gasteiger charge is -2.21. The van der Waals surface area contributed by atoms with Gasteiger partial charge in [0, 0.05) is 6.54 Å². The van der Waals surface area contributed by atoms with Crippen LogP contribution in [0.4, 0.5) is 4.39 Å². The Labute approximate surface area is 107 Å². The highest BCUT2D eigenvalue weighted by atomic mass is 35.5. The van der Waals surface area contributed by atoms with Gasteiger partial charge in [-0.25, -0.2) is 14.2 Å². The summed E-state index contributed by atoms with van der Waals surface area (Å²) < 4.78 is 13.0. The van der Waals surface area contributed by atoms with Crippen LogP contribution in [-0.4, -0.2) is 39.5 Å². The zero-order chi connectivity index (χ0) is 13.3. The number of aromatic nitrogens is 1. The van der Waals surface area contributed by atoms with Crippen molar-refractivity contribution in [1.82, 2.24) is 9.88 Å². The van der Waals surface area contributed by atoms with Crippen LogP contribution in [0.15, 0.2) is 12.3 Å². The molecule has 7 heteroatoms. The van der Waals surface area contributed by atoms with Crippen LogP contribution in [0.3, 0.4) is 0 Å². The standard InChI is InChI=1S/C11H10ClFN2O3/c12-9-7(4-6(13)5-14-9)10(16)15-3-1-2-8(15)11(17)18/h4-5,8H,1-3H2,(H,17,18). The number of carboxylic acid groups (broad SMARTS) is 1. The van der Waals surface area contributed by atoms with Gasteiger partial charge in [0.05, 0.1) is 11.8 Å². The fourth-order valence-electron chi connectivity index (χ4n) is 1.99. The van der Waals surface area contributed by atoms with E-state index in [0.29, 0.717) is 19.4 Å². The van der Waals surface area contributed by atoms with Gasteiger partial charge in [-0.15, -0.1) is 0 Å². The van der Waals surface area contributed by atoms with Gasteiger partial charge in [-0.3, -0.25) is 4.79 Å². The minimum Gasteiger partial charge on any atom is -0.480 e. The van der Waals surface area contributed by atoms with Crippen LogP contribution in [0.2, 0.25) is 5.15 Å². The van der Waals surface area contributed by atoms with Crippen LogP contribution >= 0.6 is 11.6 Å². The summed E-state index contributed by atoms with van der Waals surface area (Å²) in [5, 5.41) is 8.86. The molecular weight excluding hydrogens is 263 g/mol. The van der Waals surface area contributed by atoms with Crippen molar-refractivity contribution < 1.29 is 19.1 Å². The number of nitrogens with zero attached hydrogens (tertiary/aromatic N) is 2. The molecule has 1 aliphatic heterocycles. The van der Waals surface area contributed by atoms with Gasteiger partial charge in [-0.2, -0.15) is 0 Å². The van der Waals surface area contributed by atoms with Crippen LogP contribution in [0.1, 0.15) is 23.2 Å². The zero-order valence-electron chi connectivity index (χ0n) is 9.27. The number of hydrogen-bond donors (Lipinski definition) is 1. The average molecular weight is 273 g/mol. The van der Waals surface area contributed by atoms with E-state index in [9.17, 15) is 14.0 Å². The molecule has 0 saturated carbocycles. The lowest BCUT2D eigenvalue weighted by Crippen LogP contribution is -2.40. The summed E-state index contributed by atoms with van der Waals surface area (Å²) in [4.78, 5) is 27.8. The van der Waals surface area contributed by atoms with E-state index < -0.39 is 23.7 Å². The highest BCUT2D eigenvalue weighted by Gasteiger charge is 2.35. The largest absolute Gasteiger partial charge is 0.480 e. The third-order valence-corrected chi connectivity index (χ3v) is 3.14. The smallest absolute Gasteiger partial charge is 0.326 e. The Morgan fingerprint density at radius 3 is 2.94 bits per heavy atom. The Balaban J connectivity index is 2.31. The van der Waals surface area contributed by atoms with E-state index in [1.54, 1.807) is 0 Å². The first-order valence-corrected chi connectivity index (χ1v) is 5.73. The van der Waals surface area contributed by atoms with Gasteiger partial charge in [0.25, 0.3) is 5.91 Å². The van der Waals surface area contributed by atoms with Crippen LogP contribution in [-0.2, 0) is 4.79 Å². The Hall–Kier alpha value is -1.69. The molecule has 2 heterocycles. The summed E-state index contributed by atoms with van der Waals surface area (Å²) in [5.74, 6) is -2.35. The van der Waals surface area contributed by atoms with Crippen LogP contribution in [0.25, 0.3) is 0 Å². The molecule has 1 amide bonds. The second-order valence-electron chi connectivity index (χ2n) is 3.99. The van der Waals surface area contributed by atoms with E-state index in [0.717, 1.165) is 12.3 Å². The predicted molar refractivity (Wildman–Crippen MR) is 60.9 cm³/mol. The molecule has 1 atom stereocenters. The highest BCUT2D eigenvalue weighted by molar-refractivity contribution is 6.32. The number of halogens is 2. The molecule has 5 nitrogen and oxygen atoms in total. The van der Waals surface area contributed by atoms with E-state index in [-0.39, 0.29) is 10.7 Å². The molecule has 96 valence electrons. The molecule has 1 saturated heterocycles. The Morgan fingerprint density at radius 1 is 1.56 bits per heavy atom.